The predicted octanol–water partition coefficient (Wildman–Crippen LogP) is 4.83. The maximum atomic E-state index is 3.00. The Hall–Kier alpha value is -0.800. The van der Waals surface area contributed by atoms with Gasteiger partial charge in [0.15, 0.2) is 0 Å². The number of nitrogens with zero attached hydrogens (tertiary/aromatic N) is 3. The average molecular weight is 318 g/mol. The van der Waals surface area contributed by atoms with Crippen LogP contribution in [0.2, 0.25) is 0 Å². The van der Waals surface area contributed by atoms with E-state index in [9.17, 15) is 0 Å². The molecule has 0 fully saturated rings. The van der Waals surface area contributed by atoms with Crippen LogP contribution in [0, 0.1) is 0 Å². The van der Waals surface area contributed by atoms with Gasteiger partial charge in [-0.3, -0.25) is 4.90 Å². The van der Waals surface area contributed by atoms with E-state index in [0.29, 0.717) is 0 Å². The van der Waals surface area contributed by atoms with Gasteiger partial charge in [-0.05, 0) is 34.5 Å². The molecule has 0 N–H and O–H groups in total. The van der Waals surface area contributed by atoms with E-state index in [-0.39, 0.29) is 14.9 Å². The third-order valence-electron chi connectivity index (χ3n) is 3.03. The molecule has 22 heavy (non-hydrogen) atoms. The third-order valence-corrected chi connectivity index (χ3v) is 3.03. The van der Waals surface area contributed by atoms with Crippen molar-refractivity contribution in [2.75, 3.05) is 53.9 Å². The molecule has 3 heteroatoms. The quantitative estimate of drug-likeness (QED) is 0.594. The van der Waals surface area contributed by atoms with Gasteiger partial charge < -0.3 is 9.80 Å². The fraction of sp³-hybridized carbons (Fsp3) is 0.789. The van der Waals surface area contributed by atoms with E-state index in [2.05, 4.69) is 75.8 Å². The lowest BCUT2D eigenvalue weighted by molar-refractivity contribution is 0.270. The molecule has 138 valence electrons. The Morgan fingerprint density at radius 2 is 1.36 bits per heavy atom. The highest BCUT2D eigenvalue weighted by molar-refractivity contribution is 4.97. The molecule has 0 aromatic carbocycles. The molecule has 0 aromatic rings. The van der Waals surface area contributed by atoms with Gasteiger partial charge in [-0.1, -0.05) is 41.7 Å². The molecule has 0 aliphatic carbocycles. The van der Waals surface area contributed by atoms with Gasteiger partial charge in [-0.2, -0.15) is 0 Å². The number of hydrogen-bond acceptors (Lipinski definition) is 3. The topological polar surface area (TPSA) is 9.72 Å². The predicted molar refractivity (Wildman–Crippen MR) is 109 cm³/mol. The first-order valence-electron chi connectivity index (χ1n) is 7.76. The summed E-state index contributed by atoms with van der Waals surface area (Å²) in [5.74, 6) is 0. The van der Waals surface area contributed by atoms with Gasteiger partial charge in [0, 0.05) is 38.9 Å². The van der Waals surface area contributed by atoms with Crippen molar-refractivity contribution in [2.24, 2.45) is 0 Å². The van der Waals surface area contributed by atoms with Gasteiger partial charge in [0.1, 0.15) is 0 Å². The molecule has 0 bridgehead atoms. The molecule has 0 amide bonds. The smallest absolute Gasteiger partial charge is 0.0183 e. The maximum Gasteiger partial charge on any atom is 0.0183 e. The Morgan fingerprint density at radius 1 is 0.909 bits per heavy atom. The van der Waals surface area contributed by atoms with E-state index in [1.54, 1.807) is 0 Å². The van der Waals surface area contributed by atoms with Crippen molar-refractivity contribution < 1.29 is 0 Å². The Labute approximate surface area is 143 Å². The SMILES string of the molecule is C.C.C=C.CC.CCN(C/C=C(/C)N(C)CC)CCN(C)C. The van der Waals surface area contributed by atoms with Crippen LogP contribution in [0.4, 0.5) is 0 Å². The molecular weight excluding hydrogens is 270 g/mol. The van der Waals surface area contributed by atoms with Gasteiger partial charge >= 0.3 is 0 Å². The van der Waals surface area contributed by atoms with Crippen molar-refractivity contribution in [3.05, 3.63) is 24.9 Å². The average Bonchev–Trinajstić information content (AvgIpc) is 2.50. The lowest BCUT2D eigenvalue weighted by atomic mass is 10.3. The summed E-state index contributed by atoms with van der Waals surface area (Å²) in [5.41, 5.74) is 1.37. The van der Waals surface area contributed by atoms with Gasteiger partial charge in [-0.25, -0.2) is 0 Å². The highest BCUT2D eigenvalue weighted by atomic mass is 15.2. The molecule has 0 atom stereocenters. The van der Waals surface area contributed by atoms with Crippen LogP contribution >= 0.6 is 0 Å². The van der Waals surface area contributed by atoms with Crippen molar-refractivity contribution in [3.8, 4) is 0 Å². The standard InChI is InChI=1S/C13H29N3.C2H6.C2H4.2CH4/c1-7-15(6)13(3)9-10-16(8-2)12-11-14(4)5;2*1-2;;/h9H,7-8,10-12H2,1-6H3;1-2H3;1-2H2;2*1H4/b13-9-;;;;. The molecule has 3 nitrogen and oxygen atoms in total. The summed E-state index contributed by atoms with van der Waals surface area (Å²) in [4.78, 5) is 6.98. The lowest BCUT2D eigenvalue weighted by Crippen LogP contribution is -2.32. The molecule has 0 saturated heterocycles. The molecule has 0 unspecified atom stereocenters. The highest BCUT2D eigenvalue weighted by Gasteiger charge is 2.02. The van der Waals surface area contributed by atoms with Gasteiger partial charge in [0.25, 0.3) is 0 Å². The maximum absolute atomic E-state index is 3.00. The highest BCUT2D eigenvalue weighted by Crippen LogP contribution is 2.00. The minimum atomic E-state index is 0. The summed E-state index contributed by atoms with van der Waals surface area (Å²) in [6.45, 7) is 22.1. The lowest BCUT2D eigenvalue weighted by Gasteiger charge is -2.23. The van der Waals surface area contributed by atoms with E-state index in [1.807, 2.05) is 13.8 Å². The summed E-state index contributed by atoms with van der Waals surface area (Å²) in [6, 6.07) is 0. The van der Waals surface area contributed by atoms with Gasteiger partial charge in [0.05, 0.1) is 0 Å². The van der Waals surface area contributed by atoms with E-state index in [0.717, 1.165) is 32.7 Å². The normalized spacial score (nSPS) is 9.64. The zero-order chi connectivity index (χ0) is 16.6. The summed E-state index contributed by atoms with van der Waals surface area (Å²) in [5, 5.41) is 0. The van der Waals surface area contributed by atoms with Crippen LogP contribution in [-0.2, 0) is 0 Å². The fourth-order valence-corrected chi connectivity index (χ4v) is 1.39. The van der Waals surface area contributed by atoms with Crippen molar-refractivity contribution in [1.82, 2.24) is 14.7 Å². The molecular formula is C19H47N3. The van der Waals surface area contributed by atoms with E-state index < -0.39 is 0 Å². The second kappa shape index (κ2) is 25.2. The molecule has 0 saturated carbocycles. The minimum Gasteiger partial charge on any atom is -0.379 e. The van der Waals surface area contributed by atoms with Crippen molar-refractivity contribution >= 4 is 0 Å². The first-order chi connectivity index (χ1) is 9.51. The molecule has 0 aromatic heterocycles. The summed E-state index contributed by atoms with van der Waals surface area (Å²) < 4.78 is 0. The Morgan fingerprint density at radius 3 is 1.68 bits per heavy atom. The summed E-state index contributed by atoms with van der Waals surface area (Å²) in [6.07, 6.45) is 2.32. The number of hydrogen-bond donors (Lipinski definition) is 0. The third kappa shape index (κ3) is 21.5. The molecule has 0 aliphatic rings. The van der Waals surface area contributed by atoms with Crippen LogP contribution < -0.4 is 0 Å². The first kappa shape index (κ1) is 33.0. The molecule has 0 radical (unpaired) electrons. The van der Waals surface area contributed by atoms with E-state index in [4.69, 9.17) is 0 Å². The van der Waals surface area contributed by atoms with Crippen LogP contribution in [0.25, 0.3) is 0 Å². The summed E-state index contributed by atoms with van der Waals surface area (Å²) in [7, 11) is 6.39. The van der Waals surface area contributed by atoms with Gasteiger partial charge in [0.2, 0.25) is 0 Å². The van der Waals surface area contributed by atoms with Gasteiger partial charge in [-0.15, -0.1) is 13.2 Å². The second-order valence-electron chi connectivity index (χ2n) is 4.56. The molecule has 0 spiro atoms. The number of rotatable bonds is 8. The van der Waals surface area contributed by atoms with Crippen molar-refractivity contribution in [3.63, 3.8) is 0 Å². The zero-order valence-electron chi connectivity index (χ0n) is 15.4. The van der Waals surface area contributed by atoms with Crippen LogP contribution in [0.5, 0.6) is 0 Å². The number of allylic oxidation sites excluding steroid dienone is 1. The van der Waals surface area contributed by atoms with Crippen LogP contribution in [0.3, 0.4) is 0 Å². The number of likely N-dealkylation sites (N-methyl/N-ethyl adjacent to an activating group) is 2. The second-order valence-corrected chi connectivity index (χ2v) is 4.56. The van der Waals surface area contributed by atoms with Crippen LogP contribution in [0.15, 0.2) is 24.9 Å². The Kier molecular flexibility index (Phi) is 37.7. The van der Waals surface area contributed by atoms with E-state index >= 15 is 0 Å². The minimum absolute atomic E-state index is 0. The zero-order valence-corrected chi connectivity index (χ0v) is 15.4. The summed E-state index contributed by atoms with van der Waals surface area (Å²) >= 11 is 0. The largest absolute Gasteiger partial charge is 0.379 e. The van der Waals surface area contributed by atoms with Crippen LogP contribution in [0.1, 0.15) is 49.5 Å². The van der Waals surface area contributed by atoms with Crippen molar-refractivity contribution in [2.45, 2.75) is 49.5 Å². The Bertz CT molecular complexity index is 213. The van der Waals surface area contributed by atoms with Crippen LogP contribution in [-0.4, -0.2) is 68.6 Å². The molecule has 0 rings (SSSR count). The van der Waals surface area contributed by atoms with Crippen molar-refractivity contribution in [1.29, 1.82) is 0 Å². The molecule has 0 aliphatic heterocycles. The Balaban J connectivity index is -0.000000147. The molecule has 0 heterocycles. The first-order valence-corrected chi connectivity index (χ1v) is 7.76. The van der Waals surface area contributed by atoms with E-state index in [1.165, 1.54) is 5.70 Å². The monoisotopic (exact) mass is 317 g/mol. The fourth-order valence-electron chi connectivity index (χ4n) is 1.39.